The minimum Gasteiger partial charge on any atom is -0.330 e. The highest BCUT2D eigenvalue weighted by Gasteiger charge is 2.25. The predicted molar refractivity (Wildman–Crippen MR) is 43.8 cm³/mol. The minimum atomic E-state index is -2.31. The number of quaternary nitrogens is 1. The fraction of sp³-hybridized carbons (Fsp3) is 1.00. The van der Waals surface area contributed by atoms with E-state index < -0.39 is 7.27 Å². The van der Waals surface area contributed by atoms with Gasteiger partial charge in [-0.1, -0.05) is 5.11 Å². The molecule has 0 aromatic heterocycles. The number of rotatable bonds is 5. The number of hydrogen-bond donors (Lipinski definition) is 0. The van der Waals surface area contributed by atoms with Gasteiger partial charge >= 0.3 is 7.27 Å². The van der Waals surface area contributed by atoms with Gasteiger partial charge in [0.2, 0.25) is 0 Å². The second kappa shape index (κ2) is 4.95. The zero-order chi connectivity index (χ0) is 9.61. The van der Waals surface area contributed by atoms with Gasteiger partial charge in [-0.2, -0.15) is 0 Å². The summed E-state index contributed by atoms with van der Waals surface area (Å²) < 4.78 is 24.0. The second-order valence-electron chi connectivity index (χ2n) is 3.19. The summed E-state index contributed by atoms with van der Waals surface area (Å²) in [5.41, 5.74) is 7.95. The molecule has 0 atom stereocenters. The summed E-state index contributed by atoms with van der Waals surface area (Å²) in [4.78, 5) is 2.55. The number of nitrogens with zero attached hydrogens (tertiary/aromatic N) is 4. The molecular weight excluding hydrogens is 165 g/mol. The molecule has 0 unspecified atom stereocenters. The molecule has 0 aliphatic carbocycles. The highest BCUT2D eigenvalue weighted by Crippen LogP contribution is 2.00. The summed E-state index contributed by atoms with van der Waals surface area (Å²) in [5, 5.41) is 3.28. The first-order chi connectivity index (χ1) is 5.48. The monoisotopic (exact) mass is 177 g/mol. The Kier molecular flexibility index (Phi) is 4.62. The number of hydrogen-bond acceptors (Lipinski definition) is 1. The van der Waals surface area contributed by atoms with Crippen LogP contribution >= 0.6 is 0 Å². The lowest BCUT2D eigenvalue weighted by Gasteiger charge is -2.27. The Bertz CT molecular complexity index is 178. The average Bonchev–Trinajstić information content (AvgIpc) is 1.84. The van der Waals surface area contributed by atoms with Gasteiger partial charge in [-0.15, -0.1) is 0 Å². The highest BCUT2D eigenvalue weighted by atomic mass is 19.2. The molecule has 0 aromatic rings. The van der Waals surface area contributed by atoms with Crippen LogP contribution in [-0.4, -0.2) is 45.4 Å². The lowest BCUT2D eigenvalue weighted by Crippen LogP contribution is -2.46. The summed E-state index contributed by atoms with van der Waals surface area (Å²) in [6.07, 6.45) is -0.207. The second-order valence-corrected chi connectivity index (χ2v) is 3.19. The third-order valence-electron chi connectivity index (χ3n) is 1.50. The van der Waals surface area contributed by atoms with E-state index in [0.717, 1.165) is 0 Å². The molecule has 0 fully saturated rings. The van der Waals surface area contributed by atoms with Crippen LogP contribution in [0.3, 0.4) is 0 Å². The van der Waals surface area contributed by atoms with Gasteiger partial charge in [-0.05, 0) is 5.53 Å². The molecule has 0 rings (SSSR count). The molecule has 0 aliphatic rings. The topological polar surface area (TPSA) is 48.8 Å². The van der Waals surface area contributed by atoms with Crippen LogP contribution in [0.5, 0.6) is 0 Å². The molecule has 0 amide bonds. The van der Waals surface area contributed by atoms with E-state index in [0.29, 0.717) is 6.54 Å². The van der Waals surface area contributed by atoms with Crippen molar-refractivity contribution in [3.8, 4) is 0 Å². The third kappa shape index (κ3) is 5.94. The smallest absolute Gasteiger partial charge is 0.330 e. The molecule has 4 nitrogen and oxygen atoms in total. The van der Waals surface area contributed by atoms with E-state index >= 15 is 0 Å². The van der Waals surface area contributed by atoms with Gasteiger partial charge in [0.05, 0.1) is 27.2 Å². The van der Waals surface area contributed by atoms with Crippen molar-refractivity contribution >= 4 is 7.27 Å². The number of azide groups is 1. The molecule has 0 radical (unpaired) electrons. The Labute approximate surface area is 70.6 Å². The lowest BCUT2D eigenvalue weighted by molar-refractivity contribution is -0.879. The zero-order valence-corrected chi connectivity index (χ0v) is 7.24. The summed E-state index contributed by atoms with van der Waals surface area (Å²) >= 11 is 0. The Morgan fingerprint density at radius 2 is 2.08 bits per heavy atom. The van der Waals surface area contributed by atoms with E-state index in [4.69, 9.17) is 5.53 Å². The van der Waals surface area contributed by atoms with Crippen molar-refractivity contribution in [1.29, 1.82) is 0 Å². The summed E-state index contributed by atoms with van der Waals surface area (Å²) in [7, 11) is 1.05. The number of halogens is 2. The van der Waals surface area contributed by atoms with Gasteiger partial charge in [0.25, 0.3) is 0 Å². The van der Waals surface area contributed by atoms with Gasteiger partial charge in [0.1, 0.15) is 6.44 Å². The predicted octanol–water partition coefficient (Wildman–Crippen LogP) is 1.34. The molecule has 0 bridgehead atoms. The fourth-order valence-electron chi connectivity index (χ4n) is 0.825. The summed E-state index contributed by atoms with van der Waals surface area (Å²) in [6.45, 7) is 0.699. The minimum absolute atomic E-state index is 0.177. The van der Waals surface area contributed by atoms with E-state index in [1.165, 1.54) is 0 Å². The van der Waals surface area contributed by atoms with E-state index in [-0.39, 0.29) is 17.5 Å². The van der Waals surface area contributed by atoms with Crippen LogP contribution in [0.25, 0.3) is 10.4 Å². The van der Waals surface area contributed by atoms with Gasteiger partial charge in [-0.25, -0.2) is 0 Å². The Morgan fingerprint density at radius 3 is 2.50 bits per heavy atom. The van der Waals surface area contributed by atoms with Crippen molar-refractivity contribution in [2.75, 3.05) is 33.6 Å². The third-order valence-corrected chi connectivity index (χ3v) is 1.50. The molecule has 0 aliphatic heterocycles. The normalized spacial score (nSPS) is 10.7. The first-order valence-corrected chi connectivity index (χ1v) is 3.59. The molecule has 0 heterocycles. The van der Waals surface area contributed by atoms with Crippen molar-refractivity contribution in [3.63, 3.8) is 0 Å². The summed E-state index contributed by atoms with van der Waals surface area (Å²) in [6, 6.07) is 0. The van der Waals surface area contributed by atoms with Crippen LogP contribution in [0, 0.1) is 0 Å². The maximum atomic E-state index is 11.9. The largest absolute Gasteiger partial charge is 0.592 e. The van der Waals surface area contributed by atoms with E-state index in [1.807, 2.05) is 0 Å². The molecule has 0 aromatic carbocycles. The van der Waals surface area contributed by atoms with Crippen molar-refractivity contribution in [2.45, 2.75) is 0 Å². The maximum Gasteiger partial charge on any atom is 0.592 e. The Balaban J connectivity index is 3.78. The van der Waals surface area contributed by atoms with Gasteiger partial charge in [0, 0.05) is 4.91 Å². The fourth-order valence-corrected chi connectivity index (χ4v) is 0.825. The lowest BCUT2D eigenvalue weighted by atomic mass is 9.97. The zero-order valence-electron chi connectivity index (χ0n) is 7.24. The van der Waals surface area contributed by atoms with Crippen LogP contribution in [0.1, 0.15) is 0 Å². The molecule has 0 saturated heterocycles. The van der Waals surface area contributed by atoms with Crippen LogP contribution in [0.4, 0.5) is 8.63 Å². The van der Waals surface area contributed by atoms with Gasteiger partial charge < -0.3 is 4.48 Å². The van der Waals surface area contributed by atoms with Crippen LogP contribution in [0.2, 0.25) is 0 Å². The first-order valence-electron chi connectivity index (χ1n) is 3.59. The van der Waals surface area contributed by atoms with E-state index in [9.17, 15) is 8.63 Å². The quantitative estimate of drug-likeness (QED) is 0.200. The molecule has 0 saturated carbocycles. The molecule has 12 heavy (non-hydrogen) atoms. The molecule has 68 valence electrons. The standard InChI is InChI=1S/C5H12BF2N4/c1-12(2,5-6(7)8)4-3-10-11-9/h3-5H2,1-2H3/q+1. The molecular formula is C5H12BF2N4+. The van der Waals surface area contributed by atoms with E-state index in [1.54, 1.807) is 14.1 Å². The summed E-state index contributed by atoms with van der Waals surface area (Å²) in [5.74, 6) is 0. The van der Waals surface area contributed by atoms with Gasteiger partial charge in [0.15, 0.2) is 0 Å². The maximum absolute atomic E-state index is 11.9. The van der Waals surface area contributed by atoms with Gasteiger partial charge in [-0.3, -0.25) is 8.63 Å². The van der Waals surface area contributed by atoms with E-state index in [2.05, 4.69) is 10.0 Å². The van der Waals surface area contributed by atoms with Crippen LogP contribution in [0.15, 0.2) is 5.11 Å². The van der Waals surface area contributed by atoms with Crippen LogP contribution in [-0.2, 0) is 0 Å². The van der Waals surface area contributed by atoms with Crippen LogP contribution < -0.4 is 0 Å². The molecule has 7 heteroatoms. The average molecular weight is 177 g/mol. The van der Waals surface area contributed by atoms with Crippen molar-refractivity contribution in [2.24, 2.45) is 5.11 Å². The van der Waals surface area contributed by atoms with Crippen molar-refractivity contribution < 1.29 is 13.1 Å². The van der Waals surface area contributed by atoms with Crippen molar-refractivity contribution in [1.82, 2.24) is 0 Å². The highest BCUT2D eigenvalue weighted by molar-refractivity contribution is 6.42. The molecule has 0 N–H and O–H groups in total. The molecule has 0 spiro atoms. The SMILES string of the molecule is C[N+](C)(CCN=[N+]=[N-])CB(F)F. The van der Waals surface area contributed by atoms with Crippen molar-refractivity contribution in [3.05, 3.63) is 10.4 Å². The number of likely N-dealkylation sites (N-methyl/N-ethyl adjacent to an activating group) is 1. The first kappa shape index (κ1) is 11.2. The Morgan fingerprint density at radius 1 is 1.50 bits per heavy atom. The Hall–Kier alpha value is -0.805.